The lowest BCUT2D eigenvalue weighted by Gasteiger charge is -2.03. The van der Waals surface area contributed by atoms with Gasteiger partial charge in [0.2, 0.25) is 11.8 Å². The lowest BCUT2D eigenvalue weighted by molar-refractivity contribution is -0.118. The van der Waals surface area contributed by atoms with Crippen LogP contribution in [0, 0.1) is 6.92 Å². The quantitative estimate of drug-likeness (QED) is 0.780. The van der Waals surface area contributed by atoms with Gasteiger partial charge in [0.05, 0.1) is 0 Å². The molecule has 4 rings (SSSR count). The molecular formula is C18H14N4O2S. The summed E-state index contributed by atoms with van der Waals surface area (Å²) in [6, 6.07) is 17.5. The van der Waals surface area contributed by atoms with Crippen molar-refractivity contribution in [3.05, 3.63) is 65.7 Å². The number of aromatic nitrogens is 2. The molecule has 1 aromatic heterocycles. The Morgan fingerprint density at radius 3 is 2.60 bits per heavy atom. The molecule has 2 aromatic carbocycles. The standard InChI is InChI=1S/C18H14N4O2S/c1-11-7-9-13(10-8-11)16-21-22-17(24-16)20-18-19-15(23)14(25-18)12-5-3-2-4-6-12/h2-10,14H,1H3,(H,19,20,22,23). The Bertz CT molecular complexity index is 935. The molecule has 1 amide bonds. The Morgan fingerprint density at radius 1 is 1.08 bits per heavy atom. The monoisotopic (exact) mass is 350 g/mol. The SMILES string of the molecule is Cc1ccc(-c2nnc(/N=C3\NC(=O)C(c4ccccc4)S3)o2)cc1. The van der Waals surface area contributed by atoms with Gasteiger partial charge >= 0.3 is 6.01 Å². The van der Waals surface area contributed by atoms with Gasteiger partial charge in [-0.25, -0.2) is 0 Å². The van der Waals surface area contributed by atoms with Gasteiger partial charge in [-0.1, -0.05) is 64.9 Å². The zero-order valence-electron chi connectivity index (χ0n) is 13.3. The van der Waals surface area contributed by atoms with Crippen LogP contribution in [0.1, 0.15) is 16.4 Å². The summed E-state index contributed by atoms with van der Waals surface area (Å²) < 4.78 is 5.57. The van der Waals surface area contributed by atoms with E-state index in [0.29, 0.717) is 11.1 Å². The van der Waals surface area contributed by atoms with E-state index in [-0.39, 0.29) is 17.2 Å². The second-order valence-electron chi connectivity index (χ2n) is 5.57. The van der Waals surface area contributed by atoms with E-state index in [2.05, 4.69) is 20.5 Å². The van der Waals surface area contributed by atoms with Crippen LogP contribution in [0.15, 0.2) is 64.0 Å². The number of thioether (sulfide) groups is 1. The van der Waals surface area contributed by atoms with E-state index in [1.807, 2.05) is 61.5 Å². The molecule has 1 unspecified atom stereocenters. The third kappa shape index (κ3) is 3.32. The lowest BCUT2D eigenvalue weighted by Crippen LogP contribution is -2.21. The van der Waals surface area contributed by atoms with Crippen molar-refractivity contribution in [1.82, 2.24) is 15.5 Å². The number of rotatable bonds is 3. The van der Waals surface area contributed by atoms with Gasteiger partial charge in [0.1, 0.15) is 5.25 Å². The van der Waals surface area contributed by atoms with Crippen LogP contribution in [0.3, 0.4) is 0 Å². The number of amides is 1. The maximum Gasteiger partial charge on any atom is 0.345 e. The average Bonchev–Trinajstić information content (AvgIpc) is 3.23. The summed E-state index contributed by atoms with van der Waals surface area (Å²) in [5.41, 5.74) is 2.91. The van der Waals surface area contributed by atoms with E-state index in [0.717, 1.165) is 16.7 Å². The van der Waals surface area contributed by atoms with Crippen molar-refractivity contribution in [2.45, 2.75) is 12.2 Å². The number of amidine groups is 1. The van der Waals surface area contributed by atoms with Gasteiger partial charge in [0.25, 0.3) is 0 Å². The fourth-order valence-corrected chi connectivity index (χ4v) is 3.40. The van der Waals surface area contributed by atoms with Crippen molar-refractivity contribution in [3.8, 4) is 11.5 Å². The minimum atomic E-state index is -0.320. The molecule has 1 fully saturated rings. The average molecular weight is 350 g/mol. The second-order valence-corrected chi connectivity index (χ2v) is 6.66. The third-order valence-electron chi connectivity index (χ3n) is 3.71. The van der Waals surface area contributed by atoms with Crippen LogP contribution in [0.5, 0.6) is 0 Å². The number of nitrogens with one attached hydrogen (secondary N) is 1. The number of nitrogens with zero attached hydrogens (tertiary/aromatic N) is 3. The molecule has 6 nitrogen and oxygen atoms in total. The summed E-state index contributed by atoms with van der Waals surface area (Å²) in [7, 11) is 0. The molecule has 25 heavy (non-hydrogen) atoms. The number of aliphatic imine (C=N–C) groups is 1. The van der Waals surface area contributed by atoms with Gasteiger partial charge in [-0.15, -0.1) is 5.10 Å². The van der Waals surface area contributed by atoms with Crippen LogP contribution in [-0.4, -0.2) is 21.3 Å². The largest absolute Gasteiger partial charge is 0.402 e. The highest BCUT2D eigenvalue weighted by Crippen LogP contribution is 2.35. The first kappa shape index (κ1) is 15.6. The number of hydrogen-bond acceptors (Lipinski definition) is 6. The summed E-state index contributed by atoms with van der Waals surface area (Å²) in [6.45, 7) is 2.01. The van der Waals surface area contributed by atoms with Crippen LogP contribution in [-0.2, 0) is 4.79 Å². The fraction of sp³-hybridized carbons (Fsp3) is 0.111. The fourth-order valence-electron chi connectivity index (χ4n) is 2.43. The minimum absolute atomic E-state index is 0.103. The smallest absolute Gasteiger partial charge is 0.345 e. The highest BCUT2D eigenvalue weighted by atomic mass is 32.2. The van der Waals surface area contributed by atoms with Crippen LogP contribution in [0.4, 0.5) is 6.01 Å². The predicted molar refractivity (Wildman–Crippen MR) is 96.5 cm³/mol. The molecule has 2 heterocycles. The van der Waals surface area contributed by atoms with Gasteiger partial charge in [0, 0.05) is 5.56 Å². The Balaban J connectivity index is 1.54. The number of aryl methyl sites for hydroxylation is 1. The highest BCUT2D eigenvalue weighted by molar-refractivity contribution is 8.15. The van der Waals surface area contributed by atoms with E-state index in [1.165, 1.54) is 11.8 Å². The van der Waals surface area contributed by atoms with Crippen molar-refractivity contribution in [2.24, 2.45) is 4.99 Å². The first-order valence-corrected chi connectivity index (χ1v) is 8.59. The molecule has 3 aromatic rings. The summed E-state index contributed by atoms with van der Waals surface area (Å²) in [4.78, 5) is 16.4. The number of carbonyl (C=O) groups is 1. The second kappa shape index (κ2) is 6.52. The first-order chi connectivity index (χ1) is 12.2. The molecule has 0 bridgehead atoms. The van der Waals surface area contributed by atoms with Crippen LogP contribution < -0.4 is 5.32 Å². The van der Waals surface area contributed by atoms with E-state index < -0.39 is 0 Å². The van der Waals surface area contributed by atoms with Gasteiger partial charge in [-0.2, -0.15) is 4.99 Å². The van der Waals surface area contributed by atoms with Gasteiger partial charge in [-0.3, -0.25) is 4.79 Å². The molecule has 0 saturated carbocycles. The molecule has 1 saturated heterocycles. The highest BCUT2D eigenvalue weighted by Gasteiger charge is 2.31. The van der Waals surface area contributed by atoms with Crippen molar-refractivity contribution >= 4 is 28.9 Å². The molecule has 1 aliphatic rings. The van der Waals surface area contributed by atoms with Crippen LogP contribution in [0.25, 0.3) is 11.5 Å². The number of hydrogen-bond donors (Lipinski definition) is 1. The van der Waals surface area contributed by atoms with Crippen molar-refractivity contribution in [2.75, 3.05) is 0 Å². The van der Waals surface area contributed by atoms with E-state index >= 15 is 0 Å². The molecule has 1 N–H and O–H groups in total. The van der Waals surface area contributed by atoms with Gasteiger partial charge in [0.15, 0.2) is 5.17 Å². The Morgan fingerprint density at radius 2 is 1.84 bits per heavy atom. The maximum absolute atomic E-state index is 12.2. The normalized spacial score (nSPS) is 18.5. The minimum Gasteiger partial charge on any atom is -0.402 e. The molecule has 7 heteroatoms. The Kier molecular flexibility index (Phi) is 4.07. The Hall–Kier alpha value is -2.93. The summed E-state index contributed by atoms with van der Waals surface area (Å²) in [5.74, 6) is 0.293. The van der Waals surface area contributed by atoms with Gasteiger partial charge < -0.3 is 9.73 Å². The maximum atomic E-state index is 12.2. The summed E-state index contributed by atoms with van der Waals surface area (Å²) in [5, 5.41) is 10.8. The molecule has 0 aliphatic carbocycles. The molecule has 124 valence electrons. The van der Waals surface area contributed by atoms with E-state index in [4.69, 9.17) is 4.42 Å². The van der Waals surface area contributed by atoms with Crippen molar-refractivity contribution < 1.29 is 9.21 Å². The Labute approximate surface area is 148 Å². The van der Waals surface area contributed by atoms with E-state index in [9.17, 15) is 4.79 Å². The van der Waals surface area contributed by atoms with Crippen LogP contribution in [0.2, 0.25) is 0 Å². The van der Waals surface area contributed by atoms with Crippen molar-refractivity contribution in [3.63, 3.8) is 0 Å². The first-order valence-electron chi connectivity index (χ1n) is 7.71. The molecule has 1 aliphatic heterocycles. The third-order valence-corrected chi connectivity index (χ3v) is 4.85. The molecule has 0 spiro atoms. The van der Waals surface area contributed by atoms with Gasteiger partial charge in [-0.05, 0) is 24.6 Å². The number of benzene rings is 2. The predicted octanol–water partition coefficient (Wildman–Crippen LogP) is 3.64. The molecular weight excluding hydrogens is 336 g/mol. The molecule has 0 radical (unpaired) electrons. The zero-order valence-corrected chi connectivity index (χ0v) is 14.2. The van der Waals surface area contributed by atoms with Crippen LogP contribution >= 0.6 is 11.8 Å². The topological polar surface area (TPSA) is 80.4 Å². The lowest BCUT2D eigenvalue weighted by atomic mass is 10.1. The van der Waals surface area contributed by atoms with E-state index in [1.54, 1.807) is 0 Å². The molecule has 1 atom stereocenters. The summed E-state index contributed by atoms with van der Waals surface area (Å²) >= 11 is 1.34. The zero-order chi connectivity index (χ0) is 17.2. The summed E-state index contributed by atoms with van der Waals surface area (Å²) in [6.07, 6.45) is 0. The number of carbonyl (C=O) groups excluding carboxylic acids is 1. The van der Waals surface area contributed by atoms with Crippen molar-refractivity contribution in [1.29, 1.82) is 0 Å².